The summed E-state index contributed by atoms with van der Waals surface area (Å²) in [7, 11) is 0. The van der Waals surface area contributed by atoms with E-state index in [0.717, 1.165) is 32.1 Å². The minimum atomic E-state index is 0.0731. The number of benzene rings is 1. The van der Waals surface area contributed by atoms with E-state index in [1.54, 1.807) is 11.8 Å². The molecule has 2 rings (SSSR count). The van der Waals surface area contributed by atoms with Crippen molar-refractivity contribution in [2.24, 2.45) is 11.8 Å². The molecule has 22 heavy (non-hydrogen) atoms. The molecular formula is C18H24N2OS. The number of nitriles is 1. The molecule has 2 atom stereocenters. The number of nitrogens with one attached hydrogen (secondary N) is 1. The summed E-state index contributed by atoms with van der Waals surface area (Å²) in [4.78, 5) is 13.5. The van der Waals surface area contributed by atoms with E-state index in [9.17, 15) is 4.79 Å². The highest BCUT2D eigenvalue weighted by Gasteiger charge is 2.30. The van der Waals surface area contributed by atoms with Gasteiger partial charge in [0.05, 0.1) is 6.07 Å². The number of amides is 1. The molecule has 1 aromatic rings. The van der Waals surface area contributed by atoms with Crippen molar-refractivity contribution in [1.29, 1.82) is 5.26 Å². The standard InChI is InChI=1S/C18H24N2OS/c1-22-16-10-7-14(8-11-16)6-9-15-4-2-3-5-17(15)18(21)20-13-12-19/h7-8,10-11,15,17H,2-6,9,13H2,1H3,(H,20,21). The highest BCUT2D eigenvalue weighted by molar-refractivity contribution is 7.98. The van der Waals surface area contributed by atoms with Crippen molar-refractivity contribution in [2.45, 2.75) is 43.4 Å². The molecule has 0 heterocycles. The van der Waals surface area contributed by atoms with E-state index < -0.39 is 0 Å². The van der Waals surface area contributed by atoms with Gasteiger partial charge in [-0.1, -0.05) is 25.0 Å². The Labute approximate surface area is 137 Å². The quantitative estimate of drug-likeness (QED) is 0.642. The Hall–Kier alpha value is -1.47. The monoisotopic (exact) mass is 316 g/mol. The molecule has 0 spiro atoms. The number of carbonyl (C=O) groups is 1. The van der Waals surface area contributed by atoms with Crippen molar-refractivity contribution in [3.8, 4) is 6.07 Å². The molecule has 2 unspecified atom stereocenters. The Bertz CT molecular complexity index is 521. The number of rotatable bonds is 6. The summed E-state index contributed by atoms with van der Waals surface area (Å²) in [5.74, 6) is 0.615. The highest BCUT2D eigenvalue weighted by atomic mass is 32.2. The zero-order valence-corrected chi connectivity index (χ0v) is 14.0. The summed E-state index contributed by atoms with van der Waals surface area (Å²) >= 11 is 1.76. The fourth-order valence-corrected chi connectivity index (χ4v) is 3.71. The highest BCUT2D eigenvalue weighted by Crippen LogP contribution is 2.33. The molecule has 0 saturated heterocycles. The van der Waals surface area contributed by atoms with E-state index in [-0.39, 0.29) is 18.4 Å². The first-order chi connectivity index (χ1) is 10.7. The maximum absolute atomic E-state index is 12.2. The van der Waals surface area contributed by atoms with Crippen molar-refractivity contribution < 1.29 is 4.79 Å². The molecule has 0 radical (unpaired) electrons. The number of hydrogen-bond donors (Lipinski definition) is 1. The molecule has 4 heteroatoms. The van der Waals surface area contributed by atoms with Crippen LogP contribution in [0.1, 0.15) is 37.7 Å². The maximum Gasteiger partial charge on any atom is 0.224 e. The lowest BCUT2D eigenvalue weighted by Crippen LogP contribution is -2.37. The predicted molar refractivity (Wildman–Crippen MR) is 90.6 cm³/mol. The lowest BCUT2D eigenvalue weighted by Gasteiger charge is -2.30. The van der Waals surface area contributed by atoms with E-state index >= 15 is 0 Å². The van der Waals surface area contributed by atoms with Crippen LogP contribution in [0.3, 0.4) is 0 Å². The molecule has 118 valence electrons. The van der Waals surface area contributed by atoms with Crippen molar-refractivity contribution in [3.05, 3.63) is 29.8 Å². The number of hydrogen-bond acceptors (Lipinski definition) is 3. The number of carbonyl (C=O) groups excluding carboxylic acids is 1. The fraction of sp³-hybridized carbons (Fsp3) is 0.556. The van der Waals surface area contributed by atoms with Gasteiger partial charge in [-0.15, -0.1) is 11.8 Å². The minimum absolute atomic E-state index is 0.0731. The largest absolute Gasteiger partial charge is 0.343 e. The van der Waals surface area contributed by atoms with Gasteiger partial charge >= 0.3 is 0 Å². The first kappa shape index (κ1) is 16.9. The smallest absolute Gasteiger partial charge is 0.224 e. The number of nitrogens with zero attached hydrogens (tertiary/aromatic N) is 1. The second-order valence-corrected chi connectivity index (χ2v) is 6.79. The van der Waals surface area contributed by atoms with Crippen LogP contribution in [0.15, 0.2) is 29.2 Å². The molecule has 0 aliphatic heterocycles. The molecule has 0 aromatic heterocycles. The van der Waals surface area contributed by atoms with Crippen molar-refractivity contribution >= 4 is 17.7 Å². The maximum atomic E-state index is 12.2. The summed E-state index contributed by atoms with van der Waals surface area (Å²) < 4.78 is 0. The van der Waals surface area contributed by atoms with Gasteiger partial charge in [-0.05, 0) is 55.6 Å². The van der Waals surface area contributed by atoms with Gasteiger partial charge in [0, 0.05) is 10.8 Å². The molecule has 1 aromatic carbocycles. The predicted octanol–water partition coefficient (Wildman–Crippen LogP) is 3.79. The zero-order chi connectivity index (χ0) is 15.8. The van der Waals surface area contributed by atoms with Crippen molar-refractivity contribution in [3.63, 3.8) is 0 Å². The van der Waals surface area contributed by atoms with E-state index in [0.29, 0.717) is 5.92 Å². The summed E-state index contributed by atoms with van der Waals surface area (Å²) in [6, 6.07) is 10.7. The van der Waals surface area contributed by atoms with E-state index in [4.69, 9.17) is 5.26 Å². The molecule has 1 aliphatic carbocycles. The molecule has 1 saturated carbocycles. The molecule has 3 nitrogen and oxygen atoms in total. The normalized spacial score (nSPS) is 21.1. The van der Waals surface area contributed by atoms with Gasteiger partial charge in [-0.25, -0.2) is 0 Å². The van der Waals surface area contributed by atoms with Crippen molar-refractivity contribution in [1.82, 2.24) is 5.32 Å². The van der Waals surface area contributed by atoms with Gasteiger partial charge in [-0.2, -0.15) is 5.26 Å². The van der Waals surface area contributed by atoms with E-state index in [1.165, 1.54) is 16.9 Å². The topological polar surface area (TPSA) is 52.9 Å². The molecule has 0 bridgehead atoms. The molecule has 1 fully saturated rings. The van der Waals surface area contributed by atoms with Crippen LogP contribution in [-0.2, 0) is 11.2 Å². The van der Waals surface area contributed by atoms with Gasteiger partial charge in [-0.3, -0.25) is 4.79 Å². The lowest BCUT2D eigenvalue weighted by atomic mass is 9.76. The molecule has 1 aliphatic rings. The van der Waals surface area contributed by atoms with Crippen molar-refractivity contribution in [2.75, 3.05) is 12.8 Å². The zero-order valence-electron chi connectivity index (χ0n) is 13.2. The van der Waals surface area contributed by atoms with Gasteiger partial charge in [0.1, 0.15) is 6.54 Å². The Morgan fingerprint density at radius 3 is 2.73 bits per heavy atom. The summed E-state index contributed by atoms with van der Waals surface area (Å²) in [6.07, 6.45) is 8.62. The second kappa shape index (κ2) is 8.85. The van der Waals surface area contributed by atoms with Crippen LogP contribution >= 0.6 is 11.8 Å². The van der Waals surface area contributed by atoms with Crippen LogP contribution in [-0.4, -0.2) is 18.7 Å². The van der Waals surface area contributed by atoms with Crippen LogP contribution in [0.25, 0.3) is 0 Å². The summed E-state index contributed by atoms with van der Waals surface area (Å²) in [6.45, 7) is 0.123. The average molecular weight is 316 g/mol. The van der Waals surface area contributed by atoms with Gasteiger partial charge in [0.25, 0.3) is 0 Å². The first-order valence-electron chi connectivity index (χ1n) is 8.02. The Morgan fingerprint density at radius 1 is 1.32 bits per heavy atom. The van der Waals surface area contributed by atoms with Gasteiger partial charge < -0.3 is 5.32 Å². The average Bonchev–Trinajstić information content (AvgIpc) is 2.58. The van der Waals surface area contributed by atoms with E-state index in [2.05, 4.69) is 35.8 Å². The third-order valence-corrected chi connectivity index (χ3v) is 5.29. The minimum Gasteiger partial charge on any atom is -0.343 e. The Balaban J connectivity index is 1.90. The fourth-order valence-electron chi connectivity index (χ4n) is 3.30. The number of thioether (sulfide) groups is 1. The summed E-state index contributed by atoms with van der Waals surface area (Å²) in [5.41, 5.74) is 1.35. The van der Waals surface area contributed by atoms with E-state index in [1.807, 2.05) is 6.07 Å². The lowest BCUT2D eigenvalue weighted by molar-refractivity contribution is -0.127. The molecule has 1 N–H and O–H groups in total. The van der Waals surface area contributed by atoms with Crippen LogP contribution in [0.5, 0.6) is 0 Å². The second-order valence-electron chi connectivity index (χ2n) is 5.91. The van der Waals surface area contributed by atoms with Gasteiger partial charge in [0.2, 0.25) is 5.91 Å². The molecule has 1 amide bonds. The van der Waals surface area contributed by atoms with Crippen LogP contribution < -0.4 is 5.32 Å². The van der Waals surface area contributed by atoms with Crippen LogP contribution in [0.2, 0.25) is 0 Å². The van der Waals surface area contributed by atoms with Gasteiger partial charge in [0.15, 0.2) is 0 Å². The SMILES string of the molecule is CSc1ccc(CCC2CCCCC2C(=O)NCC#N)cc1. The Kier molecular flexibility index (Phi) is 6.79. The van der Waals surface area contributed by atoms with Crippen LogP contribution in [0, 0.1) is 23.2 Å². The molecular weight excluding hydrogens is 292 g/mol. The number of aryl methyl sites for hydroxylation is 1. The van der Waals surface area contributed by atoms with Crippen LogP contribution in [0.4, 0.5) is 0 Å². The first-order valence-corrected chi connectivity index (χ1v) is 9.24. The Morgan fingerprint density at radius 2 is 2.05 bits per heavy atom. The summed E-state index contributed by atoms with van der Waals surface area (Å²) in [5, 5.41) is 11.4. The third kappa shape index (κ3) is 4.78. The third-order valence-electron chi connectivity index (χ3n) is 4.55.